The van der Waals surface area contributed by atoms with Crippen LogP contribution in [-0.2, 0) is 11.2 Å². The summed E-state index contributed by atoms with van der Waals surface area (Å²) in [4.78, 5) is 11.0. The lowest BCUT2D eigenvalue weighted by atomic mass is 10.0. The second-order valence-electron chi connectivity index (χ2n) is 4.85. The molecule has 0 bridgehead atoms. The number of carboxylic acids is 1. The van der Waals surface area contributed by atoms with Crippen LogP contribution in [0.1, 0.15) is 25.8 Å². The van der Waals surface area contributed by atoms with Gasteiger partial charge in [-0.2, -0.15) is 0 Å². The van der Waals surface area contributed by atoms with Crippen molar-refractivity contribution in [2.45, 2.75) is 32.7 Å². The Kier molecular flexibility index (Phi) is 6.16. The number of carbonyl (C=O) groups is 1. The molecule has 0 amide bonds. The highest BCUT2D eigenvalue weighted by Gasteiger charge is 2.17. The zero-order chi connectivity index (χ0) is 13.5. The largest absolute Gasteiger partial charge is 0.480 e. The Morgan fingerprint density at radius 2 is 1.94 bits per heavy atom. The molecule has 1 rings (SSSR count). The van der Waals surface area contributed by atoms with E-state index in [1.807, 2.05) is 38.1 Å². The summed E-state index contributed by atoms with van der Waals surface area (Å²) < 4.78 is 0. The van der Waals surface area contributed by atoms with Crippen LogP contribution in [0.2, 0.25) is 5.02 Å². The van der Waals surface area contributed by atoms with E-state index in [1.54, 1.807) is 0 Å². The molecule has 0 aromatic heterocycles. The van der Waals surface area contributed by atoms with Gasteiger partial charge in [0.1, 0.15) is 6.04 Å². The van der Waals surface area contributed by atoms with Crippen molar-refractivity contribution in [3.05, 3.63) is 34.9 Å². The third-order valence-electron chi connectivity index (χ3n) is 2.72. The van der Waals surface area contributed by atoms with Crippen LogP contribution < -0.4 is 5.32 Å². The van der Waals surface area contributed by atoms with Gasteiger partial charge in [-0.25, -0.2) is 0 Å². The van der Waals surface area contributed by atoms with Crippen LogP contribution in [-0.4, -0.2) is 23.7 Å². The van der Waals surface area contributed by atoms with Crippen molar-refractivity contribution >= 4 is 17.6 Å². The molecule has 100 valence electrons. The van der Waals surface area contributed by atoms with E-state index in [2.05, 4.69) is 5.32 Å². The summed E-state index contributed by atoms with van der Waals surface area (Å²) in [5.41, 5.74) is 1.15. The molecule has 0 aliphatic carbocycles. The monoisotopic (exact) mass is 269 g/mol. The maximum Gasteiger partial charge on any atom is 0.320 e. The van der Waals surface area contributed by atoms with E-state index in [4.69, 9.17) is 16.7 Å². The molecular formula is C14H20ClNO2. The minimum absolute atomic E-state index is 0.370. The number of nitrogens with one attached hydrogen (secondary N) is 1. The molecule has 1 aromatic carbocycles. The van der Waals surface area contributed by atoms with Crippen molar-refractivity contribution in [3.8, 4) is 0 Å². The molecule has 0 fully saturated rings. The van der Waals surface area contributed by atoms with Crippen molar-refractivity contribution in [1.29, 1.82) is 0 Å². The van der Waals surface area contributed by atoms with E-state index in [1.165, 1.54) is 0 Å². The van der Waals surface area contributed by atoms with Crippen LogP contribution in [0.25, 0.3) is 0 Å². The van der Waals surface area contributed by atoms with Crippen molar-refractivity contribution in [3.63, 3.8) is 0 Å². The van der Waals surface area contributed by atoms with Gasteiger partial charge in [0.05, 0.1) is 0 Å². The standard InChI is InChI=1S/C14H20ClNO2/c1-10(2)9-13(14(17)18)16-8-7-11-3-5-12(15)6-4-11/h3-6,10,13,16H,7-9H2,1-2H3,(H,17,18). The second kappa shape index (κ2) is 7.39. The maximum absolute atomic E-state index is 11.0. The quantitative estimate of drug-likeness (QED) is 0.800. The topological polar surface area (TPSA) is 49.3 Å². The first-order valence-electron chi connectivity index (χ1n) is 6.19. The number of benzene rings is 1. The number of hydrogen-bond donors (Lipinski definition) is 2. The Labute approximate surface area is 113 Å². The number of aliphatic carboxylic acids is 1. The van der Waals surface area contributed by atoms with Crippen molar-refractivity contribution in [2.75, 3.05) is 6.54 Å². The van der Waals surface area contributed by atoms with E-state index in [9.17, 15) is 4.79 Å². The maximum atomic E-state index is 11.0. The molecule has 2 N–H and O–H groups in total. The normalized spacial score (nSPS) is 12.7. The summed E-state index contributed by atoms with van der Waals surface area (Å²) >= 11 is 5.80. The van der Waals surface area contributed by atoms with E-state index < -0.39 is 12.0 Å². The Morgan fingerprint density at radius 3 is 2.44 bits per heavy atom. The lowest BCUT2D eigenvalue weighted by molar-refractivity contribution is -0.139. The molecule has 18 heavy (non-hydrogen) atoms. The predicted octanol–water partition coefficient (Wildman–Crippen LogP) is 2.97. The van der Waals surface area contributed by atoms with Crippen LogP contribution in [0.4, 0.5) is 0 Å². The average molecular weight is 270 g/mol. The predicted molar refractivity (Wildman–Crippen MR) is 74.0 cm³/mol. The summed E-state index contributed by atoms with van der Waals surface area (Å²) in [6.45, 7) is 4.71. The van der Waals surface area contributed by atoms with Crippen LogP contribution in [0, 0.1) is 5.92 Å². The number of rotatable bonds is 7. The van der Waals surface area contributed by atoms with E-state index >= 15 is 0 Å². The Morgan fingerprint density at radius 1 is 1.33 bits per heavy atom. The van der Waals surface area contributed by atoms with Gasteiger partial charge in [0.25, 0.3) is 0 Å². The zero-order valence-corrected chi connectivity index (χ0v) is 11.6. The summed E-state index contributed by atoms with van der Waals surface area (Å²) in [6, 6.07) is 7.15. The molecule has 0 spiro atoms. The molecule has 0 aliphatic heterocycles. The average Bonchev–Trinajstić information content (AvgIpc) is 2.29. The summed E-state index contributed by atoms with van der Waals surface area (Å²) in [7, 11) is 0. The van der Waals surface area contributed by atoms with Gasteiger partial charge in [0.15, 0.2) is 0 Å². The van der Waals surface area contributed by atoms with Gasteiger partial charge in [-0.3, -0.25) is 4.79 Å². The number of halogens is 1. The van der Waals surface area contributed by atoms with Gasteiger partial charge in [0, 0.05) is 5.02 Å². The Balaban J connectivity index is 2.38. The third-order valence-corrected chi connectivity index (χ3v) is 2.97. The molecule has 0 saturated heterocycles. The molecule has 1 atom stereocenters. The fourth-order valence-electron chi connectivity index (χ4n) is 1.78. The van der Waals surface area contributed by atoms with Crippen LogP contribution >= 0.6 is 11.6 Å². The van der Waals surface area contributed by atoms with Crippen LogP contribution in [0.5, 0.6) is 0 Å². The molecule has 1 unspecified atom stereocenters. The molecule has 0 heterocycles. The highest BCUT2D eigenvalue weighted by atomic mass is 35.5. The third kappa shape index (κ3) is 5.52. The first-order chi connectivity index (χ1) is 8.49. The van der Waals surface area contributed by atoms with Gasteiger partial charge < -0.3 is 10.4 Å². The summed E-state index contributed by atoms with van der Waals surface area (Å²) in [5.74, 6) is -0.408. The van der Waals surface area contributed by atoms with Crippen LogP contribution in [0.15, 0.2) is 24.3 Å². The summed E-state index contributed by atoms with van der Waals surface area (Å²) in [5, 5.41) is 12.9. The molecule has 0 aliphatic rings. The minimum atomic E-state index is -0.778. The van der Waals surface area contributed by atoms with Gasteiger partial charge >= 0.3 is 5.97 Å². The highest BCUT2D eigenvalue weighted by molar-refractivity contribution is 6.30. The van der Waals surface area contributed by atoms with Crippen molar-refractivity contribution in [1.82, 2.24) is 5.32 Å². The molecular weight excluding hydrogens is 250 g/mol. The van der Waals surface area contributed by atoms with Gasteiger partial charge in [-0.1, -0.05) is 37.6 Å². The highest BCUT2D eigenvalue weighted by Crippen LogP contribution is 2.10. The van der Waals surface area contributed by atoms with Crippen molar-refractivity contribution < 1.29 is 9.90 Å². The minimum Gasteiger partial charge on any atom is -0.480 e. The summed E-state index contributed by atoms with van der Waals surface area (Å²) in [6.07, 6.45) is 1.45. The van der Waals surface area contributed by atoms with E-state index in [0.717, 1.165) is 17.0 Å². The molecule has 3 nitrogen and oxygen atoms in total. The second-order valence-corrected chi connectivity index (χ2v) is 5.29. The molecule has 0 saturated carbocycles. The smallest absolute Gasteiger partial charge is 0.320 e. The Bertz CT molecular complexity index is 376. The van der Waals surface area contributed by atoms with Gasteiger partial charge in [-0.05, 0) is 43.0 Å². The fraction of sp³-hybridized carbons (Fsp3) is 0.500. The SMILES string of the molecule is CC(C)CC(NCCc1ccc(Cl)cc1)C(=O)O. The van der Waals surface area contributed by atoms with Crippen LogP contribution in [0.3, 0.4) is 0 Å². The van der Waals surface area contributed by atoms with E-state index in [-0.39, 0.29) is 0 Å². The fourth-order valence-corrected chi connectivity index (χ4v) is 1.91. The lowest BCUT2D eigenvalue weighted by Gasteiger charge is -2.16. The first kappa shape index (κ1) is 15.0. The van der Waals surface area contributed by atoms with Crippen molar-refractivity contribution in [2.24, 2.45) is 5.92 Å². The van der Waals surface area contributed by atoms with Gasteiger partial charge in [-0.15, -0.1) is 0 Å². The lowest BCUT2D eigenvalue weighted by Crippen LogP contribution is -2.38. The Hall–Kier alpha value is -1.06. The molecule has 1 aromatic rings. The molecule has 0 radical (unpaired) electrons. The first-order valence-corrected chi connectivity index (χ1v) is 6.57. The number of carboxylic acid groups (broad SMARTS) is 1. The molecule has 4 heteroatoms. The van der Waals surface area contributed by atoms with E-state index in [0.29, 0.717) is 18.9 Å². The zero-order valence-electron chi connectivity index (χ0n) is 10.8. The number of hydrogen-bond acceptors (Lipinski definition) is 2. The van der Waals surface area contributed by atoms with Gasteiger partial charge in [0.2, 0.25) is 0 Å².